The number of nitro benzene ring substituents is 1. The zero-order valence-electron chi connectivity index (χ0n) is 18.5. The summed E-state index contributed by atoms with van der Waals surface area (Å²) < 4.78 is 12.8. The van der Waals surface area contributed by atoms with Crippen LogP contribution in [0.5, 0.6) is 11.5 Å². The number of anilines is 1. The Morgan fingerprint density at radius 1 is 1.11 bits per heavy atom. The van der Waals surface area contributed by atoms with E-state index in [0.29, 0.717) is 34.9 Å². The molecule has 0 bridgehead atoms. The van der Waals surface area contributed by atoms with Crippen molar-refractivity contribution < 1.29 is 19.2 Å². The van der Waals surface area contributed by atoms with Crippen LogP contribution in [0.3, 0.4) is 0 Å². The number of nitrogens with zero attached hydrogens (tertiary/aromatic N) is 2. The number of carbonyl (C=O) groups is 1. The van der Waals surface area contributed by atoms with E-state index in [1.165, 1.54) is 18.2 Å². The molecule has 1 amide bonds. The van der Waals surface area contributed by atoms with Gasteiger partial charge in [0.05, 0.1) is 18.7 Å². The van der Waals surface area contributed by atoms with Gasteiger partial charge in [0, 0.05) is 17.8 Å². The topological polar surface area (TPSA) is 114 Å². The Bertz CT molecular complexity index is 1290. The van der Waals surface area contributed by atoms with Crippen molar-refractivity contribution in [1.82, 2.24) is 0 Å². The summed E-state index contributed by atoms with van der Waals surface area (Å²) in [7, 11) is 0. The first kappa shape index (κ1) is 26.4. The molecule has 3 aromatic rings. The summed E-state index contributed by atoms with van der Waals surface area (Å²) in [5, 5.41) is 23.2. The molecule has 10 heteroatoms. The molecule has 1 N–H and O–H groups in total. The molecule has 0 fully saturated rings. The van der Waals surface area contributed by atoms with E-state index in [1.807, 2.05) is 13.0 Å². The molecular formula is C25H19I2N3O5. The summed E-state index contributed by atoms with van der Waals surface area (Å²) in [6, 6.07) is 18.7. The van der Waals surface area contributed by atoms with Crippen LogP contribution in [-0.2, 0) is 11.4 Å². The Kier molecular flexibility index (Phi) is 9.44. The molecule has 3 aromatic carbocycles. The lowest BCUT2D eigenvalue weighted by atomic mass is 10.1. The van der Waals surface area contributed by atoms with Crippen LogP contribution in [0.15, 0.2) is 66.2 Å². The molecule has 178 valence electrons. The van der Waals surface area contributed by atoms with Crippen LogP contribution < -0.4 is 14.8 Å². The van der Waals surface area contributed by atoms with Crippen molar-refractivity contribution in [1.29, 1.82) is 5.26 Å². The summed E-state index contributed by atoms with van der Waals surface area (Å²) >= 11 is 4.23. The number of nitro groups is 1. The molecular weight excluding hydrogens is 676 g/mol. The van der Waals surface area contributed by atoms with Crippen LogP contribution in [0, 0.1) is 28.6 Å². The van der Waals surface area contributed by atoms with Gasteiger partial charge >= 0.3 is 0 Å². The Balaban J connectivity index is 1.73. The third-order valence-electron chi connectivity index (χ3n) is 4.62. The fourth-order valence-corrected chi connectivity index (χ4v) is 5.16. The van der Waals surface area contributed by atoms with E-state index in [9.17, 15) is 20.2 Å². The van der Waals surface area contributed by atoms with E-state index in [2.05, 4.69) is 50.5 Å². The van der Waals surface area contributed by atoms with Crippen LogP contribution in [0.4, 0.5) is 11.4 Å². The van der Waals surface area contributed by atoms with Gasteiger partial charge in [-0.05, 0) is 106 Å². The Morgan fingerprint density at radius 2 is 1.80 bits per heavy atom. The van der Waals surface area contributed by atoms with Crippen molar-refractivity contribution in [2.24, 2.45) is 0 Å². The van der Waals surface area contributed by atoms with Gasteiger partial charge in [0.25, 0.3) is 11.6 Å². The van der Waals surface area contributed by atoms with Gasteiger partial charge in [0.2, 0.25) is 0 Å². The number of ether oxygens (including phenoxy) is 2. The van der Waals surface area contributed by atoms with E-state index < -0.39 is 10.8 Å². The molecule has 0 aromatic heterocycles. The molecule has 3 rings (SSSR count). The maximum absolute atomic E-state index is 12.6. The number of halogens is 2. The lowest BCUT2D eigenvalue weighted by Gasteiger charge is -2.12. The van der Waals surface area contributed by atoms with Crippen molar-refractivity contribution in [2.75, 3.05) is 11.9 Å². The summed E-state index contributed by atoms with van der Waals surface area (Å²) in [4.78, 5) is 23.1. The van der Waals surface area contributed by atoms with Crippen molar-refractivity contribution >= 4 is 68.5 Å². The van der Waals surface area contributed by atoms with E-state index >= 15 is 0 Å². The maximum Gasteiger partial charge on any atom is 0.269 e. The van der Waals surface area contributed by atoms with Crippen molar-refractivity contribution in [3.63, 3.8) is 0 Å². The molecule has 0 aliphatic heterocycles. The number of non-ortho nitro benzene ring substituents is 1. The predicted molar refractivity (Wildman–Crippen MR) is 149 cm³/mol. The van der Waals surface area contributed by atoms with Gasteiger partial charge in [-0.1, -0.05) is 12.1 Å². The van der Waals surface area contributed by atoms with E-state index in [1.54, 1.807) is 48.5 Å². The molecule has 0 spiro atoms. The molecule has 8 nitrogen and oxygen atoms in total. The SMILES string of the molecule is CCOc1ccc(NC(=O)C(C#N)=Cc2cc(I)c(OCc3cccc([N+](=O)[O-])c3)c(I)c2)cc1. The van der Waals surface area contributed by atoms with E-state index in [4.69, 9.17) is 9.47 Å². The van der Waals surface area contributed by atoms with Gasteiger partial charge in [-0.2, -0.15) is 5.26 Å². The fourth-order valence-electron chi connectivity index (χ4n) is 3.03. The van der Waals surface area contributed by atoms with Gasteiger partial charge in [0.1, 0.15) is 29.7 Å². The van der Waals surface area contributed by atoms with Crippen LogP contribution in [-0.4, -0.2) is 17.4 Å². The average molecular weight is 695 g/mol. The molecule has 0 unspecified atom stereocenters. The maximum atomic E-state index is 12.6. The summed E-state index contributed by atoms with van der Waals surface area (Å²) in [5.74, 6) is 0.790. The summed E-state index contributed by atoms with van der Waals surface area (Å²) in [6.07, 6.45) is 1.51. The van der Waals surface area contributed by atoms with E-state index in [-0.39, 0.29) is 17.9 Å². The van der Waals surface area contributed by atoms with Crippen LogP contribution in [0.25, 0.3) is 6.08 Å². The average Bonchev–Trinajstić information content (AvgIpc) is 2.83. The highest BCUT2D eigenvalue weighted by molar-refractivity contribution is 14.1. The normalized spacial score (nSPS) is 10.9. The number of carbonyl (C=O) groups excluding carboxylic acids is 1. The Morgan fingerprint density at radius 3 is 2.40 bits per heavy atom. The lowest BCUT2D eigenvalue weighted by molar-refractivity contribution is -0.384. The van der Waals surface area contributed by atoms with Crippen molar-refractivity contribution in [3.05, 3.63) is 94.6 Å². The molecule has 35 heavy (non-hydrogen) atoms. The highest BCUT2D eigenvalue weighted by atomic mass is 127. The minimum atomic E-state index is -0.521. The Labute approximate surface area is 229 Å². The number of hydrogen-bond donors (Lipinski definition) is 1. The first-order valence-corrected chi connectivity index (χ1v) is 12.5. The third kappa shape index (κ3) is 7.40. The number of nitrogens with one attached hydrogen (secondary N) is 1. The van der Waals surface area contributed by atoms with Crippen molar-refractivity contribution in [2.45, 2.75) is 13.5 Å². The summed E-state index contributed by atoms with van der Waals surface area (Å²) in [6.45, 7) is 2.60. The number of amides is 1. The third-order valence-corrected chi connectivity index (χ3v) is 6.23. The highest BCUT2D eigenvalue weighted by Crippen LogP contribution is 2.31. The smallest absolute Gasteiger partial charge is 0.269 e. The second-order valence-electron chi connectivity index (χ2n) is 7.11. The standard InChI is InChI=1S/C25H19I2N3O5/c1-2-34-21-8-6-19(7-9-21)29-25(31)18(14-28)10-17-12-22(26)24(23(27)13-17)35-15-16-4-3-5-20(11-16)30(32)33/h3-13H,2,15H2,1H3,(H,29,31). The second-order valence-corrected chi connectivity index (χ2v) is 9.44. The van der Waals surface area contributed by atoms with E-state index in [0.717, 1.165) is 7.14 Å². The minimum Gasteiger partial charge on any atom is -0.494 e. The second kappa shape index (κ2) is 12.5. The summed E-state index contributed by atoms with van der Waals surface area (Å²) in [5.41, 5.74) is 1.85. The quantitative estimate of drug-likeness (QED) is 0.0921. The molecule has 0 heterocycles. The fraction of sp³-hybridized carbons (Fsp3) is 0.120. The highest BCUT2D eigenvalue weighted by Gasteiger charge is 2.14. The number of hydrogen-bond acceptors (Lipinski definition) is 6. The zero-order chi connectivity index (χ0) is 25.4. The molecule has 0 atom stereocenters. The van der Waals surface area contributed by atoms with Gasteiger partial charge < -0.3 is 14.8 Å². The molecule has 0 aliphatic rings. The molecule has 0 radical (unpaired) electrons. The minimum absolute atomic E-state index is 0.00326. The van der Waals surface area contributed by atoms with Crippen LogP contribution in [0.1, 0.15) is 18.1 Å². The lowest BCUT2D eigenvalue weighted by Crippen LogP contribution is -2.13. The molecule has 0 aliphatic carbocycles. The molecule has 0 saturated carbocycles. The predicted octanol–water partition coefficient (Wildman–Crippen LogP) is 6.33. The number of rotatable bonds is 9. The number of nitriles is 1. The molecule has 0 saturated heterocycles. The van der Waals surface area contributed by atoms with Gasteiger partial charge in [-0.25, -0.2) is 0 Å². The first-order valence-electron chi connectivity index (χ1n) is 10.3. The van der Waals surface area contributed by atoms with Gasteiger partial charge in [0.15, 0.2) is 0 Å². The largest absolute Gasteiger partial charge is 0.494 e. The van der Waals surface area contributed by atoms with Crippen LogP contribution >= 0.6 is 45.2 Å². The monoisotopic (exact) mass is 695 g/mol. The van der Waals surface area contributed by atoms with Gasteiger partial charge in [-0.15, -0.1) is 0 Å². The van der Waals surface area contributed by atoms with Crippen LogP contribution in [0.2, 0.25) is 0 Å². The van der Waals surface area contributed by atoms with Crippen molar-refractivity contribution in [3.8, 4) is 17.6 Å². The number of benzene rings is 3. The Hall–Kier alpha value is -3.18. The van der Waals surface area contributed by atoms with Gasteiger partial charge in [-0.3, -0.25) is 14.9 Å². The first-order chi connectivity index (χ1) is 16.8. The zero-order valence-corrected chi connectivity index (χ0v) is 22.8.